The number of likely N-dealkylation sites (tertiary alicyclic amines) is 1. The Kier molecular flexibility index (Phi) is 11.7. The number of aliphatic hydroxyl groups is 3. The van der Waals surface area contributed by atoms with E-state index in [1.807, 2.05) is 0 Å². The molecule has 19 heteroatoms. The number of carbonyl (C=O) groups excluding carboxylic acids is 3. The second-order valence-electron chi connectivity index (χ2n) is 11.1. The molecule has 10 N–H and O–H groups in total. The molecule has 19 nitrogen and oxygen atoms in total. The van der Waals surface area contributed by atoms with E-state index in [0.29, 0.717) is 17.7 Å². The van der Waals surface area contributed by atoms with Crippen molar-refractivity contribution >= 4 is 36.1 Å². The van der Waals surface area contributed by atoms with Crippen LogP contribution in [0.5, 0.6) is 11.5 Å². The number of aliphatic carboxylic acids is 3. The lowest BCUT2D eigenvalue weighted by Gasteiger charge is -2.42. The van der Waals surface area contributed by atoms with Crippen LogP contribution in [0.25, 0.3) is 0 Å². The second kappa shape index (κ2) is 15.7. The molecule has 49 heavy (non-hydrogen) atoms. The first kappa shape index (κ1) is 36.5. The van der Waals surface area contributed by atoms with E-state index in [1.165, 1.54) is 48.5 Å². The van der Waals surface area contributed by atoms with E-state index < -0.39 is 84.6 Å². The van der Waals surface area contributed by atoms with Crippen LogP contribution in [0.15, 0.2) is 48.5 Å². The van der Waals surface area contributed by atoms with Crippen molar-refractivity contribution in [2.24, 2.45) is 5.73 Å². The van der Waals surface area contributed by atoms with Crippen LogP contribution in [0.4, 0.5) is 0 Å². The fourth-order valence-electron chi connectivity index (χ4n) is 5.09. The third-order valence-corrected chi connectivity index (χ3v) is 7.81. The number of rotatable bonds is 16. The van der Waals surface area contributed by atoms with Crippen molar-refractivity contribution in [1.82, 2.24) is 15.5 Å². The normalized spacial score (nSPS) is 25.1. The standard InChI is InChI=1S/C30H34N4O15/c31-17(27(41)42)9-10-47-15-5-1-13(2-6-15)19(32-12-35)25(39)33-18-11-34(26(18)40)20(28(43)44)14-3-7-16(8-4-14)48-30-23(38)21(36)22(37)24(49-30)29(45)46/h1-8,12,17-24,30,36-38H,9-11,31H2,(H,32,35)(H,33,39)(H,41,42)(H,43,44)(H,45,46)/t17-,18?,19-,20+,21+,22+,23-,24+,30-/m0/s1. The van der Waals surface area contributed by atoms with E-state index >= 15 is 0 Å². The Bertz CT molecular complexity index is 1540. The van der Waals surface area contributed by atoms with Crippen LogP contribution in [0.3, 0.4) is 0 Å². The maximum Gasteiger partial charge on any atom is 0.335 e. The lowest BCUT2D eigenvalue weighted by Crippen LogP contribution is -2.66. The second-order valence-corrected chi connectivity index (χ2v) is 11.1. The molecule has 2 aromatic carbocycles. The van der Waals surface area contributed by atoms with Gasteiger partial charge < -0.3 is 66.1 Å². The average Bonchev–Trinajstić information content (AvgIpc) is 3.07. The third kappa shape index (κ3) is 8.39. The summed E-state index contributed by atoms with van der Waals surface area (Å²) in [6.07, 6.45) is -8.87. The Hall–Kier alpha value is -5.34. The van der Waals surface area contributed by atoms with Gasteiger partial charge in [-0.25, -0.2) is 9.59 Å². The molecule has 9 atom stereocenters. The minimum atomic E-state index is -1.92. The summed E-state index contributed by atoms with van der Waals surface area (Å²) < 4.78 is 15.9. The van der Waals surface area contributed by atoms with E-state index in [1.54, 1.807) is 0 Å². The van der Waals surface area contributed by atoms with Gasteiger partial charge in [0.2, 0.25) is 24.5 Å². The van der Waals surface area contributed by atoms with E-state index in [9.17, 15) is 54.3 Å². The van der Waals surface area contributed by atoms with Crippen molar-refractivity contribution < 1.29 is 73.6 Å². The van der Waals surface area contributed by atoms with E-state index in [-0.39, 0.29) is 30.9 Å². The first-order chi connectivity index (χ1) is 23.2. The van der Waals surface area contributed by atoms with Gasteiger partial charge in [0, 0.05) is 6.42 Å². The molecular formula is C30H34N4O15. The number of carboxylic acid groups (broad SMARTS) is 3. The number of β-lactam (4-membered cyclic amide) rings is 1. The predicted octanol–water partition coefficient (Wildman–Crippen LogP) is -2.92. The number of nitrogens with zero attached hydrogens (tertiary/aromatic N) is 1. The number of nitrogens with one attached hydrogen (secondary N) is 2. The van der Waals surface area contributed by atoms with Gasteiger partial charge in [0.15, 0.2) is 12.1 Å². The molecule has 2 saturated heterocycles. The van der Waals surface area contributed by atoms with Crippen molar-refractivity contribution in [3.63, 3.8) is 0 Å². The topological polar surface area (TPSA) is 305 Å². The highest BCUT2D eigenvalue weighted by Crippen LogP contribution is 2.31. The summed E-state index contributed by atoms with van der Waals surface area (Å²) in [4.78, 5) is 72.7. The zero-order valence-electron chi connectivity index (χ0n) is 25.4. The Labute approximate surface area is 276 Å². The number of nitrogens with two attached hydrogens (primary N) is 1. The van der Waals surface area contributed by atoms with Crippen LogP contribution in [0.2, 0.25) is 0 Å². The van der Waals surface area contributed by atoms with Crippen molar-refractivity contribution in [2.75, 3.05) is 13.2 Å². The van der Waals surface area contributed by atoms with Crippen LogP contribution in [-0.4, -0.2) is 128 Å². The summed E-state index contributed by atoms with van der Waals surface area (Å²) in [6, 6.07) is 6.13. The molecule has 2 aliphatic heterocycles. The van der Waals surface area contributed by atoms with Gasteiger partial charge in [-0.15, -0.1) is 0 Å². The largest absolute Gasteiger partial charge is 0.494 e. The zero-order valence-corrected chi connectivity index (χ0v) is 25.4. The monoisotopic (exact) mass is 690 g/mol. The Morgan fingerprint density at radius 3 is 2.08 bits per heavy atom. The highest BCUT2D eigenvalue weighted by Gasteiger charge is 2.48. The molecule has 2 aromatic rings. The molecule has 0 saturated carbocycles. The number of aliphatic hydroxyl groups excluding tert-OH is 3. The van der Waals surface area contributed by atoms with Gasteiger partial charge in [-0.3, -0.25) is 19.2 Å². The molecule has 2 fully saturated rings. The molecule has 0 spiro atoms. The van der Waals surface area contributed by atoms with Crippen LogP contribution < -0.4 is 25.8 Å². The van der Waals surface area contributed by atoms with E-state index in [0.717, 1.165) is 4.90 Å². The summed E-state index contributed by atoms with van der Waals surface area (Å²) in [6.45, 7) is -0.179. The number of benzene rings is 2. The molecular weight excluding hydrogens is 656 g/mol. The van der Waals surface area contributed by atoms with Crippen LogP contribution in [-0.2, 0) is 33.5 Å². The predicted molar refractivity (Wildman–Crippen MR) is 160 cm³/mol. The van der Waals surface area contributed by atoms with Gasteiger partial charge in [-0.05, 0) is 35.4 Å². The first-order valence-corrected chi connectivity index (χ1v) is 14.7. The highest BCUT2D eigenvalue weighted by atomic mass is 16.7. The lowest BCUT2D eigenvalue weighted by atomic mass is 9.97. The SMILES string of the molecule is N[C@@H](CCOc1ccc([C@H](NC=O)C(=O)NC2CN([C@@H](C(=O)O)c3ccc(O[C@H]4O[C@@H](C(=O)O)[C@H](O)[C@@H](O)[C@@H]4O)cc3)C2=O)cc1)C(=O)O. The van der Waals surface area contributed by atoms with Crippen molar-refractivity contribution in [2.45, 2.75) is 61.3 Å². The minimum Gasteiger partial charge on any atom is -0.494 e. The van der Waals surface area contributed by atoms with Gasteiger partial charge in [0.25, 0.3) is 0 Å². The number of carboxylic acids is 3. The van der Waals surface area contributed by atoms with Crippen LogP contribution >= 0.6 is 0 Å². The Morgan fingerprint density at radius 1 is 0.918 bits per heavy atom. The summed E-state index contributed by atoms with van der Waals surface area (Å²) in [7, 11) is 0. The molecule has 0 aromatic heterocycles. The quantitative estimate of drug-likeness (QED) is 0.0629. The fraction of sp³-hybridized carbons (Fsp3) is 0.400. The van der Waals surface area contributed by atoms with Crippen LogP contribution in [0.1, 0.15) is 29.6 Å². The molecule has 1 unspecified atom stereocenters. The third-order valence-electron chi connectivity index (χ3n) is 7.81. The molecule has 264 valence electrons. The fourth-order valence-corrected chi connectivity index (χ4v) is 5.09. The Morgan fingerprint density at radius 2 is 1.53 bits per heavy atom. The number of hydrogen-bond donors (Lipinski definition) is 9. The first-order valence-electron chi connectivity index (χ1n) is 14.7. The summed E-state index contributed by atoms with van der Waals surface area (Å²) in [5.41, 5.74) is 5.88. The van der Waals surface area contributed by atoms with Crippen molar-refractivity contribution in [3.8, 4) is 11.5 Å². The van der Waals surface area contributed by atoms with Gasteiger partial charge in [0.05, 0.1) is 13.2 Å². The van der Waals surface area contributed by atoms with E-state index in [2.05, 4.69) is 10.6 Å². The number of ether oxygens (including phenoxy) is 3. The molecule has 2 aliphatic rings. The van der Waals surface area contributed by atoms with Crippen LogP contribution in [0, 0.1) is 0 Å². The van der Waals surface area contributed by atoms with E-state index in [4.69, 9.17) is 25.1 Å². The van der Waals surface area contributed by atoms with Crippen molar-refractivity contribution in [3.05, 3.63) is 59.7 Å². The van der Waals surface area contributed by atoms with Crippen molar-refractivity contribution in [1.29, 1.82) is 0 Å². The number of amides is 3. The molecule has 0 aliphatic carbocycles. The molecule has 2 heterocycles. The van der Waals surface area contributed by atoms with Gasteiger partial charge >= 0.3 is 17.9 Å². The number of hydrogen-bond acceptors (Lipinski definition) is 13. The maximum atomic E-state index is 13.1. The summed E-state index contributed by atoms with van der Waals surface area (Å²) >= 11 is 0. The molecule has 4 rings (SSSR count). The molecule has 0 radical (unpaired) electrons. The maximum absolute atomic E-state index is 13.1. The summed E-state index contributed by atoms with van der Waals surface area (Å²) in [5, 5.41) is 62.8. The highest BCUT2D eigenvalue weighted by molar-refractivity contribution is 5.97. The average molecular weight is 691 g/mol. The Balaban J connectivity index is 1.36. The molecule has 0 bridgehead atoms. The van der Waals surface area contributed by atoms with Gasteiger partial charge in [0.1, 0.15) is 47.9 Å². The number of carbonyl (C=O) groups is 6. The minimum absolute atomic E-state index is 0.0180. The van der Waals surface area contributed by atoms with Gasteiger partial charge in [-0.1, -0.05) is 24.3 Å². The zero-order chi connectivity index (χ0) is 36.0. The molecule has 3 amide bonds. The summed E-state index contributed by atoms with van der Waals surface area (Å²) in [5.74, 6) is -5.32. The smallest absolute Gasteiger partial charge is 0.335 e. The lowest BCUT2D eigenvalue weighted by molar-refractivity contribution is -0.271. The van der Waals surface area contributed by atoms with Gasteiger partial charge in [-0.2, -0.15) is 0 Å².